The molecule has 1 aliphatic rings. The Morgan fingerprint density at radius 3 is 2.32 bits per heavy atom. The molecule has 5 N–H and O–H groups in total. The number of fused-ring (bicyclic) bond motifs is 1. The van der Waals surface area contributed by atoms with Gasteiger partial charge in [-0.05, 0) is 48.0 Å². The van der Waals surface area contributed by atoms with Crippen molar-refractivity contribution in [2.45, 2.75) is 0 Å². The first kappa shape index (κ1) is 17.4. The lowest BCUT2D eigenvalue weighted by atomic mass is 9.99. The second-order valence-corrected chi connectivity index (χ2v) is 6.38. The molecule has 0 fully saturated rings. The standard InChI is InChI=1S/C22H17N3O3/c23-15-8-11-18-17(12-15)19(21(26)25-18)20(13-4-2-1-3-5-13)24-16-9-6-14(7-10-16)22(27)28/h1-12,24H,23H2,(H,25,26)(H,27,28)/b20-19-. The Balaban J connectivity index is 1.86. The molecule has 6 heteroatoms. The molecule has 0 bridgehead atoms. The Bertz CT molecular complexity index is 1100. The number of carboxylic acids is 1. The van der Waals surface area contributed by atoms with E-state index < -0.39 is 5.97 Å². The minimum Gasteiger partial charge on any atom is -0.478 e. The molecule has 3 aromatic carbocycles. The van der Waals surface area contributed by atoms with Crippen molar-refractivity contribution in [3.05, 3.63) is 89.5 Å². The van der Waals surface area contributed by atoms with Crippen LogP contribution in [0.15, 0.2) is 72.8 Å². The van der Waals surface area contributed by atoms with E-state index in [4.69, 9.17) is 10.8 Å². The molecule has 0 radical (unpaired) electrons. The quantitative estimate of drug-likeness (QED) is 0.411. The number of hydrogen-bond donors (Lipinski definition) is 4. The number of carbonyl (C=O) groups excluding carboxylic acids is 1. The molecule has 0 aromatic heterocycles. The highest BCUT2D eigenvalue weighted by Gasteiger charge is 2.28. The number of carboxylic acid groups (broad SMARTS) is 1. The van der Waals surface area contributed by atoms with E-state index in [2.05, 4.69) is 10.6 Å². The molecule has 1 aliphatic heterocycles. The average Bonchev–Trinajstić information content (AvgIpc) is 3.02. The SMILES string of the molecule is Nc1ccc2c(c1)/C(=C(/Nc1ccc(C(=O)O)cc1)c1ccccc1)C(=O)N2. The predicted octanol–water partition coefficient (Wildman–Crippen LogP) is 3.90. The maximum atomic E-state index is 12.8. The lowest BCUT2D eigenvalue weighted by molar-refractivity contribution is -0.110. The number of nitrogens with one attached hydrogen (secondary N) is 2. The summed E-state index contributed by atoms with van der Waals surface area (Å²) in [5.41, 5.74) is 10.7. The van der Waals surface area contributed by atoms with Crippen LogP contribution in [0.4, 0.5) is 17.1 Å². The van der Waals surface area contributed by atoms with Crippen LogP contribution in [0.3, 0.4) is 0 Å². The summed E-state index contributed by atoms with van der Waals surface area (Å²) in [4.78, 5) is 23.8. The third kappa shape index (κ3) is 3.19. The van der Waals surface area contributed by atoms with Gasteiger partial charge in [0.2, 0.25) is 0 Å². The fourth-order valence-corrected chi connectivity index (χ4v) is 3.16. The number of benzene rings is 3. The van der Waals surface area contributed by atoms with E-state index >= 15 is 0 Å². The molecule has 0 atom stereocenters. The van der Waals surface area contributed by atoms with Gasteiger partial charge in [0.15, 0.2) is 0 Å². The van der Waals surface area contributed by atoms with Crippen LogP contribution in [0.1, 0.15) is 21.5 Å². The summed E-state index contributed by atoms with van der Waals surface area (Å²) in [6.07, 6.45) is 0. The zero-order valence-corrected chi connectivity index (χ0v) is 14.8. The summed E-state index contributed by atoms with van der Waals surface area (Å²) in [5, 5.41) is 15.2. The van der Waals surface area contributed by atoms with Crippen molar-refractivity contribution in [3.8, 4) is 0 Å². The number of rotatable bonds is 4. The van der Waals surface area contributed by atoms with E-state index in [1.807, 2.05) is 30.3 Å². The van der Waals surface area contributed by atoms with E-state index in [9.17, 15) is 9.59 Å². The molecule has 138 valence electrons. The van der Waals surface area contributed by atoms with Crippen LogP contribution in [0.5, 0.6) is 0 Å². The summed E-state index contributed by atoms with van der Waals surface area (Å²) in [5.74, 6) is -1.22. The molecule has 0 saturated heterocycles. The van der Waals surface area contributed by atoms with Gasteiger partial charge in [0.25, 0.3) is 5.91 Å². The van der Waals surface area contributed by atoms with Crippen LogP contribution in [-0.4, -0.2) is 17.0 Å². The number of amides is 1. The first-order valence-electron chi connectivity index (χ1n) is 8.64. The fraction of sp³-hybridized carbons (Fsp3) is 0. The van der Waals surface area contributed by atoms with Gasteiger partial charge in [-0.25, -0.2) is 4.79 Å². The van der Waals surface area contributed by atoms with Crippen molar-refractivity contribution in [1.29, 1.82) is 0 Å². The minimum absolute atomic E-state index is 0.191. The second kappa shape index (κ2) is 6.92. The first-order chi connectivity index (χ1) is 13.5. The average molecular weight is 371 g/mol. The van der Waals surface area contributed by atoms with Gasteiger partial charge in [0.1, 0.15) is 0 Å². The third-order valence-corrected chi connectivity index (χ3v) is 4.50. The molecule has 0 saturated carbocycles. The van der Waals surface area contributed by atoms with Gasteiger partial charge in [-0.2, -0.15) is 0 Å². The fourth-order valence-electron chi connectivity index (χ4n) is 3.16. The molecule has 1 amide bonds. The summed E-state index contributed by atoms with van der Waals surface area (Å²) in [6.45, 7) is 0. The normalized spacial score (nSPS) is 14.2. The van der Waals surface area contributed by atoms with Gasteiger partial charge >= 0.3 is 5.97 Å². The second-order valence-electron chi connectivity index (χ2n) is 6.38. The molecule has 0 spiro atoms. The highest BCUT2D eigenvalue weighted by molar-refractivity contribution is 6.37. The van der Waals surface area contributed by atoms with E-state index in [-0.39, 0.29) is 11.5 Å². The highest BCUT2D eigenvalue weighted by Crippen LogP contribution is 2.38. The molecule has 0 aliphatic carbocycles. The number of nitrogen functional groups attached to an aromatic ring is 1. The van der Waals surface area contributed by atoms with Gasteiger partial charge < -0.3 is 21.5 Å². The molecular weight excluding hydrogens is 354 g/mol. The topological polar surface area (TPSA) is 104 Å². The Kier molecular flexibility index (Phi) is 4.29. The molecule has 6 nitrogen and oxygen atoms in total. The summed E-state index contributed by atoms with van der Waals surface area (Å²) >= 11 is 0. The number of hydrogen-bond acceptors (Lipinski definition) is 4. The Hall–Kier alpha value is -4.06. The van der Waals surface area contributed by atoms with Crippen LogP contribution < -0.4 is 16.4 Å². The number of anilines is 3. The van der Waals surface area contributed by atoms with Gasteiger partial charge in [-0.15, -0.1) is 0 Å². The Morgan fingerprint density at radius 1 is 0.929 bits per heavy atom. The maximum absolute atomic E-state index is 12.8. The van der Waals surface area contributed by atoms with Gasteiger partial charge in [-0.1, -0.05) is 30.3 Å². The van der Waals surface area contributed by atoms with Crippen molar-refractivity contribution in [1.82, 2.24) is 0 Å². The van der Waals surface area contributed by atoms with E-state index in [0.29, 0.717) is 28.3 Å². The smallest absolute Gasteiger partial charge is 0.335 e. The minimum atomic E-state index is -0.993. The van der Waals surface area contributed by atoms with Crippen LogP contribution in [0.25, 0.3) is 11.3 Å². The van der Waals surface area contributed by atoms with Crippen molar-refractivity contribution >= 4 is 40.2 Å². The summed E-state index contributed by atoms with van der Waals surface area (Å²) < 4.78 is 0. The van der Waals surface area contributed by atoms with Gasteiger partial charge in [0.05, 0.1) is 16.8 Å². The monoisotopic (exact) mass is 371 g/mol. The van der Waals surface area contributed by atoms with Crippen LogP contribution in [0.2, 0.25) is 0 Å². The number of nitrogens with two attached hydrogens (primary N) is 1. The van der Waals surface area contributed by atoms with E-state index in [0.717, 1.165) is 11.1 Å². The van der Waals surface area contributed by atoms with Crippen molar-refractivity contribution in [3.63, 3.8) is 0 Å². The molecule has 28 heavy (non-hydrogen) atoms. The summed E-state index contributed by atoms with van der Waals surface area (Å²) in [7, 11) is 0. The Morgan fingerprint density at radius 2 is 1.64 bits per heavy atom. The number of aromatic carboxylic acids is 1. The molecule has 4 rings (SSSR count). The van der Waals surface area contributed by atoms with Crippen molar-refractivity contribution < 1.29 is 14.7 Å². The maximum Gasteiger partial charge on any atom is 0.335 e. The Labute approximate surface area is 161 Å². The third-order valence-electron chi connectivity index (χ3n) is 4.50. The molecule has 0 unspecified atom stereocenters. The number of carbonyl (C=O) groups is 2. The highest BCUT2D eigenvalue weighted by atomic mass is 16.4. The van der Waals surface area contributed by atoms with Crippen LogP contribution in [0, 0.1) is 0 Å². The van der Waals surface area contributed by atoms with E-state index in [1.165, 1.54) is 12.1 Å². The zero-order chi connectivity index (χ0) is 19.7. The van der Waals surface area contributed by atoms with Crippen molar-refractivity contribution in [2.24, 2.45) is 0 Å². The largest absolute Gasteiger partial charge is 0.478 e. The predicted molar refractivity (Wildman–Crippen MR) is 110 cm³/mol. The van der Waals surface area contributed by atoms with Gasteiger partial charge in [-0.3, -0.25) is 4.79 Å². The summed E-state index contributed by atoms with van der Waals surface area (Å²) in [6, 6.07) is 21.1. The molecule has 1 heterocycles. The zero-order valence-electron chi connectivity index (χ0n) is 14.8. The molecule has 3 aromatic rings. The van der Waals surface area contributed by atoms with Crippen molar-refractivity contribution in [2.75, 3.05) is 16.4 Å². The van der Waals surface area contributed by atoms with Gasteiger partial charge in [0, 0.05) is 22.6 Å². The first-order valence-corrected chi connectivity index (χ1v) is 8.64. The lowest BCUT2D eigenvalue weighted by Gasteiger charge is -2.15. The van der Waals surface area contributed by atoms with E-state index in [1.54, 1.807) is 30.3 Å². The van der Waals surface area contributed by atoms with Crippen LogP contribution in [-0.2, 0) is 4.79 Å². The lowest BCUT2D eigenvalue weighted by Crippen LogP contribution is -2.10. The molecular formula is C22H17N3O3. The van der Waals surface area contributed by atoms with Crippen LogP contribution >= 0.6 is 0 Å².